The van der Waals surface area contributed by atoms with Gasteiger partial charge in [-0.05, 0) is 47.9 Å². The molecular weight excluding hydrogens is 348 g/mol. The van der Waals surface area contributed by atoms with Gasteiger partial charge in [0.05, 0.1) is 17.1 Å². The van der Waals surface area contributed by atoms with Crippen LogP contribution in [0.15, 0.2) is 54.6 Å². The molecule has 0 fully saturated rings. The third kappa shape index (κ3) is 4.01. The van der Waals surface area contributed by atoms with E-state index in [2.05, 4.69) is 52.0 Å². The predicted molar refractivity (Wildman–Crippen MR) is 113 cm³/mol. The summed E-state index contributed by atoms with van der Waals surface area (Å²) in [4.78, 5) is 11.9. The Kier molecular flexibility index (Phi) is 5.41. The molecule has 4 heteroatoms. The molecule has 0 bridgehead atoms. The third-order valence-electron chi connectivity index (χ3n) is 5.25. The van der Waals surface area contributed by atoms with Crippen LogP contribution in [0.2, 0.25) is 0 Å². The fourth-order valence-electron chi connectivity index (χ4n) is 3.52. The van der Waals surface area contributed by atoms with Gasteiger partial charge in [0.1, 0.15) is 5.56 Å². The van der Waals surface area contributed by atoms with Crippen LogP contribution in [0.5, 0.6) is 0 Å². The van der Waals surface area contributed by atoms with E-state index in [0.29, 0.717) is 23.4 Å². The maximum atomic E-state index is 11.9. The number of carboxylic acids is 1. The molecule has 1 N–H and O–H groups in total. The summed E-state index contributed by atoms with van der Waals surface area (Å²) in [5.74, 6) is -0.740. The van der Waals surface area contributed by atoms with E-state index in [1.165, 1.54) is 11.1 Å². The highest BCUT2D eigenvalue weighted by Gasteiger charge is 2.23. The maximum absolute atomic E-state index is 11.9. The van der Waals surface area contributed by atoms with Crippen LogP contribution >= 0.6 is 0 Å². The van der Waals surface area contributed by atoms with E-state index in [1.807, 2.05) is 37.3 Å². The minimum absolute atomic E-state index is 0.0696. The zero-order chi connectivity index (χ0) is 20.5. The number of nitrogens with zero attached hydrogens (tertiary/aromatic N) is 2. The summed E-state index contributed by atoms with van der Waals surface area (Å²) in [5.41, 5.74) is 4.96. The average molecular weight is 377 g/mol. The fourth-order valence-corrected chi connectivity index (χ4v) is 3.52. The number of carbonyl (C=O) groups is 1. The van der Waals surface area contributed by atoms with Crippen molar-refractivity contribution in [3.8, 4) is 5.69 Å². The Hall–Kier alpha value is -2.88. The molecule has 146 valence electrons. The molecule has 0 spiro atoms. The molecule has 4 nitrogen and oxygen atoms in total. The summed E-state index contributed by atoms with van der Waals surface area (Å²) in [5, 5.41) is 14.5. The molecule has 3 rings (SSSR count). The SMILES string of the molecule is Cc1c(C(=O)O)c(CC(C)c2ccccc2)nn1-c1ccc(C(C)(C)C)cc1. The molecule has 3 aromatic rings. The first kappa shape index (κ1) is 19.9. The second kappa shape index (κ2) is 7.63. The second-order valence-corrected chi connectivity index (χ2v) is 8.44. The van der Waals surface area contributed by atoms with E-state index in [1.54, 1.807) is 4.68 Å². The molecule has 1 heterocycles. The second-order valence-electron chi connectivity index (χ2n) is 8.44. The predicted octanol–water partition coefficient (Wildman–Crippen LogP) is 5.52. The van der Waals surface area contributed by atoms with Crippen molar-refractivity contribution >= 4 is 5.97 Å². The van der Waals surface area contributed by atoms with E-state index in [-0.39, 0.29) is 11.3 Å². The van der Waals surface area contributed by atoms with Crippen molar-refractivity contribution in [1.29, 1.82) is 0 Å². The Morgan fingerprint density at radius 1 is 1.07 bits per heavy atom. The minimum Gasteiger partial charge on any atom is -0.478 e. The number of aromatic nitrogens is 2. The van der Waals surface area contributed by atoms with Gasteiger partial charge in [-0.2, -0.15) is 5.10 Å². The first-order chi connectivity index (χ1) is 13.2. The lowest BCUT2D eigenvalue weighted by atomic mass is 9.87. The Morgan fingerprint density at radius 3 is 2.21 bits per heavy atom. The molecule has 1 unspecified atom stereocenters. The Morgan fingerprint density at radius 2 is 1.68 bits per heavy atom. The van der Waals surface area contributed by atoms with Gasteiger partial charge in [0, 0.05) is 0 Å². The lowest BCUT2D eigenvalue weighted by Crippen LogP contribution is -2.11. The molecule has 0 aliphatic carbocycles. The Bertz CT molecular complexity index is 964. The minimum atomic E-state index is -0.926. The van der Waals surface area contributed by atoms with Crippen molar-refractivity contribution in [2.45, 2.75) is 52.4 Å². The van der Waals surface area contributed by atoms with Crippen LogP contribution in [-0.4, -0.2) is 20.9 Å². The lowest BCUT2D eigenvalue weighted by molar-refractivity contribution is 0.0695. The highest BCUT2D eigenvalue weighted by Crippen LogP contribution is 2.27. The number of hydrogen-bond donors (Lipinski definition) is 1. The van der Waals surface area contributed by atoms with Crippen molar-refractivity contribution in [1.82, 2.24) is 9.78 Å². The molecule has 0 aliphatic heterocycles. The van der Waals surface area contributed by atoms with Crippen LogP contribution < -0.4 is 0 Å². The van der Waals surface area contributed by atoms with Crippen LogP contribution in [0.3, 0.4) is 0 Å². The van der Waals surface area contributed by atoms with Gasteiger partial charge in [0.15, 0.2) is 0 Å². The zero-order valence-electron chi connectivity index (χ0n) is 17.2. The molecule has 1 atom stereocenters. The molecule has 1 aromatic heterocycles. The van der Waals surface area contributed by atoms with E-state index < -0.39 is 5.97 Å². The zero-order valence-corrected chi connectivity index (χ0v) is 17.2. The largest absolute Gasteiger partial charge is 0.478 e. The summed E-state index contributed by atoms with van der Waals surface area (Å²) >= 11 is 0. The highest BCUT2D eigenvalue weighted by atomic mass is 16.4. The smallest absolute Gasteiger partial charge is 0.339 e. The molecule has 2 aromatic carbocycles. The highest BCUT2D eigenvalue weighted by molar-refractivity contribution is 5.90. The van der Waals surface area contributed by atoms with E-state index in [9.17, 15) is 9.90 Å². The fraction of sp³-hybridized carbons (Fsp3) is 0.333. The number of hydrogen-bond acceptors (Lipinski definition) is 2. The summed E-state index contributed by atoms with van der Waals surface area (Å²) in [6, 6.07) is 18.3. The number of carboxylic acid groups (broad SMARTS) is 1. The lowest BCUT2D eigenvalue weighted by Gasteiger charge is -2.19. The third-order valence-corrected chi connectivity index (χ3v) is 5.25. The Labute approximate surface area is 166 Å². The van der Waals surface area contributed by atoms with E-state index in [4.69, 9.17) is 5.10 Å². The normalized spacial score (nSPS) is 12.8. The standard InChI is InChI=1S/C24H28N2O2/c1-16(18-9-7-6-8-10-18)15-21-22(23(27)28)17(2)26(25-21)20-13-11-19(12-14-20)24(3,4)5/h6-14,16H,15H2,1-5H3,(H,27,28). The van der Waals surface area contributed by atoms with Gasteiger partial charge in [-0.1, -0.05) is 70.2 Å². The van der Waals surface area contributed by atoms with Crippen LogP contribution in [0, 0.1) is 6.92 Å². The molecule has 0 amide bonds. The van der Waals surface area contributed by atoms with Crippen molar-refractivity contribution in [2.24, 2.45) is 0 Å². The monoisotopic (exact) mass is 376 g/mol. The van der Waals surface area contributed by atoms with Crippen LogP contribution in [0.25, 0.3) is 5.69 Å². The van der Waals surface area contributed by atoms with Crippen LogP contribution in [0.1, 0.15) is 66.5 Å². The molecule has 28 heavy (non-hydrogen) atoms. The van der Waals surface area contributed by atoms with Gasteiger partial charge in [-0.15, -0.1) is 0 Å². The van der Waals surface area contributed by atoms with Crippen LogP contribution in [-0.2, 0) is 11.8 Å². The van der Waals surface area contributed by atoms with Gasteiger partial charge in [-0.25, -0.2) is 9.48 Å². The van der Waals surface area contributed by atoms with Crippen molar-refractivity contribution < 1.29 is 9.90 Å². The summed E-state index contributed by atoms with van der Waals surface area (Å²) in [6.07, 6.45) is 0.583. The number of aromatic carboxylic acids is 1. The number of benzene rings is 2. The van der Waals surface area contributed by atoms with Gasteiger partial charge >= 0.3 is 5.97 Å². The molecule has 0 aliphatic rings. The van der Waals surface area contributed by atoms with Crippen LogP contribution in [0.4, 0.5) is 0 Å². The molecular formula is C24H28N2O2. The van der Waals surface area contributed by atoms with E-state index in [0.717, 1.165) is 5.69 Å². The average Bonchev–Trinajstić information content (AvgIpc) is 2.98. The van der Waals surface area contributed by atoms with Crippen molar-refractivity contribution in [2.75, 3.05) is 0 Å². The number of rotatable bonds is 5. The summed E-state index contributed by atoms with van der Waals surface area (Å²) < 4.78 is 1.75. The summed E-state index contributed by atoms with van der Waals surface area (Å²) in [7, 11) is 0. The molecule has 0 radical (unpaired) electrons. The first-order valence-electron chi connectivity index (χ1n) is 9.66. The molecule has 0 saturated heterocycles. The molecule has 0 saturated carbocycles. The van der Waals surface area contributed by atoms with Gasteiger partial charge in [-0.3, -0.25) is 0 Å². The van der Waals surface area contributed by atoms with Gasteiger partial charge in [0.25, 0.3) is 0 Å². The maximum Gasteiger partial charge on any atom is 0.339 e. The topological polar surface area (TPSA) is 55.1 Å². The van der Waals surface area contributed by atoms with Gasteiger partial charge in [0.2, 0.25) is 0 Å². The summed E-state index contributed by atoms with van der Waals surface area (Å²) in [6.45, 7) is 10.4. The first-order valence-corrected chi connectivity index (χ1v) is 9.66. The Balaban J connectivity index is 1.98. The van der Waals surface area contributed by atoms with Gasteiger partial charge < -0.3 is 5.11 Å². The quantitative estimate of drug-likeness (QED) is 0.637. The van der Waals surface area contributed by atoms with E-state index >= 15 is 0 Å². The van der Waals surface area contributed by atoms with Crippen molar-refractivity contribution in [3.63, 3.8) is 0 Å². The van der Waals surface area contributed by atoms with Crippen molar-refractivity contribution in [3.05, 3.63) is 82.7 Å².